The number of benzene rings is 1. The number of aromatic nitrogens is 1. The third kappa shape index (κ3) is 3.00. The average Bonchev–Trinajstić information content (AvgIpc) is 2.39. The van der Waals surface area contributed by atoms with Gasteiger partial charge >= 0.3 is 0 Å². The van der Waals surface area contributed by atoms with E-state index in [1.807, 2.05) is 36.5 Å². The van der Waals surface area contributed by atoms with Gasteiger partial charge < -0.3 is 11.1 Å². The maximum absolute atomic E-state index is 5.78. The van der Waals surface area contributed by atoms with Crippen molar-refractivity contribution in [2.24, 2.45) is 0 Å². The van der Waals surface area contributed by atoms with Gasteiger partial charge in [-0.1, -0.05) is 19.1 Å². The highest BCUT2D eigenvalue weighted by Crippen LogP contribution is 2.21. The van der Waals surface area contributed by atoms with E-state index in [1.54, 1.807) is 0 Å². The van der Waals surface area contributed by atoms with Crippen molar-refractivity contribution in [2.45, 2.75) is 26.3 Å². The second-order valence-corrected chi connectivity index (χ2v) is 4.51. The van der Waals surface area contributed by atoms with Gasteiger partial charge in [0.15, 0.2) is 0 Å². The van der Waals surface area contributed by atoms with Crippen LogP contribution in [0.15, 0.2) is 42.6 Å². The number of nitrogen functional groups attached to an aromatic ring is 1. The summed E-state index contributed by atoms with van der Waals surface area (Å²) in [5.74, 6) is 0.914. The quantitative estimate of drug-likeness (QED) is 0.805. The smallest absolute Gasteiger partial charge is 0.126 e. The van der Waals surface area contributed by atoms with Crippen LogP contribution in [-0.2, 0) is 0 Å². The number of rotatable bonds is 4. The van der Waals surface area contributed by atoms with Gasteiger partial charge in [0.1, 0.15) is 5.82 Å². The fourth-order valence-corrected chi connectivity index (χ4v) is 1.72. The lowest BCUT2D eigenvalue weighted by molar-refractivity contribution is 0.759. The van der Waals surface area contributed by atoms with Crippen LogP contribution in [0.5, 0.6) is 0 Å². The summed E-state index contributed by atoms with van der Waals surface area (Å²) in [7, 11) is 0. The lowest BCUT2D eigenvalue weighted by atomic mass is 10.1. The molecule has 1 aromatic heterocycles. The number of anilines is 2. The number of hydrogen-bond acceptors (Lipinski definition) is 3. The first kappa shape index (κ1) is 12.4. The molecule has 2 aromatic rings. The first-order valence-electron chi connectivity index (χ1n) is 6.27. The second kappa shape index (κ2) is 5.54. The molecule has 1 heterocycles. The lowest BCUT2D eigenvalue weighted by Crippen LogP contribution is -2.14. The lowest BCUT2D eigenvalue weighted by Gasteiger charge is -2.12. The van der Waals surface area contributed by atoms with E-state index in [-0.39, 0.29) is 0 Å². The molecule has 3 nitrogen and oxygen atoms in total. The van der Waals surface area contributed by atoms with E-state index in [0.717, 1.165) is 29.1 Å². The van der Waals surface area contributed by atoms with Crippen LogP contribution < -0.4 is 11.1 Å². The van der Waals surface area contributed by atoms with E-state index >= 15 is 0 Å². The molecule has 18 heavy (non-hydrogen) atoms. The van der Waals surface area contributed by atoms with Crippen molar-refractivity contribution in [1.82, 2.24) is 4.98 Å². The highest BCUT2D eigenvalue weighted by Gasteiger charge is 2.02. The van der Waals surface area contributed by atoms with Crippen molar-refractivity contribution in [1.29, 1.82) is 0 Å². The zero-order valence-electron chi connectivity index (χ0n) is 10.9. The Hall–Kier alpha value is -2.03. The minimum Gasteiger partial charge on any atom is -0.399 e. The van der Waals surface area contributed by atoms with Crippen molar-refractivity contribution in [3.05, 3.63) is 42.6 Å². The topological polar surface area (TPSA) is 50.9 Å². The minimum absolute atomic E-state index is 0.440. The molecule has 0 fully saturated rings. The number of nitrogens with two attached hydrogens (primary N) is 1. The Morgan fingerprint density at radius 3 is 2.67 bits per heavy atom. The van der Waals surface area contributed by atoms with Gasteiger partial charge in [-0.15, -0.1) is 0 Å². The maximum atomic E-state index is 5.78. The monoisotopic (exact) mass is 241 g/mol. The fourth-order valence-electron chi connectivity index (χ4n) is 1.72. The van der Waals surface area contributed by atoms with Gasteiger partial charge in [-0.3, -0.25) is 0 Å². The van der Waals surface area contributed by atoms with Crippen molar-refractivity contribution in [2.75, 3.05) is 11.1 Å². The number of nitrogens with one attached hydrogen (secondary N) is 1. The summed E-state index contributed by atoms with van der Waals surface area (Å²) in [6.45, 7) is 4.30. The molecule has 1 unspecified atom stereocenters. The molecule has 0 aliphatic heterocycles. The molecule has 0 aliphatic carbocycles. The molecule has 0 saturated carbocycles. The van der Waals surface area contributed by atoms with Gasteiger partial charge in [-0.25, -0.2) is 4.98 Å². The molecule has 94 valence electrons. The van der Waals surface area contributed by atoms with Gasteiger partial charge in [0.25, 0.3) is 0 Å². The Bertz CT molecular complexity index is 505. The fraction of sp³-hybridized carbons (Fsp3) is 0.267. The van der Waals surface area contributed by atoms with E-state index in [1.165, 1.54) is 0 Å². The van der Waals surface area contributed by atoms with E-state index in [9.17, 15) is 0 Å². The van der Waals surface area contributed by atoms with E-state index in [4.69, 9.17) is 5.73 Å². The first-order chi connectivity index (χ1) is 8.69. The van der Waals surface area contributed by atoms with Crippen LogP contribution in [0.1, 0.15) is 20.3 Å². The third-order valence-corrected chi connectivity index (χ3v) is 2.99. The summed E-state index contributed by atoms with van der Waals surface area (Å²) < 4.78 is 0. The Labute approximate surface area is 108 Å². The van der Waals surface area contributed by atoms with Crippen LogP contribution in [0.4, 0.5) is 11.5 Å². The highest BCUT2D eigenvalue weighted by atomic mass is 15.0. The van der Waals surface area contributed by atoms with Crippen molar-refractivity contribution in [3.8, 4) is 11.1 Å². The van der Waals surface area contributed by atoms with Crippen LogP contribution >= 0.6 is 0 Å². The van der Waals surface area contributed by atoms with E-state index < -0.39 is 0 Å². The summed E-state index contributed by atoms with van der Waals surface area (Å²) in [4.78, 5) is 4.42. The zero-order chi connectivity index (χ0) is 13.0. The molecule has 0 amide bonds. The zero-order valence-corrected chi connectivity index (χ0v) is 10.9. The SMILES string of the molecule is CCC(C)Nc1ccc(-c2cccc(N)c2)cn1. The maximum Gasteiger partial charge on any atom is 0.126 e. The molecule has 0 radical (unpaired) electrons. The minimum atomic E-state index is 0.440. The largest absolute Gasteiger partial charge is 0.399 e. The predicted molar refractivity (Wildman–Crippen MR) is 77.5 cm³/mol. The summed E-state index contributed by atoms with van der Waals surface area (Å²) in [5.41, 5.74) is 8.73. The number of nitrogens with zero attached hydrogens (tertiary/aromatic N) is 1. The molecule has 3 heteroatoms. The van der Waals surface area contributed by atoms with Crippen molar-refractivity contribution >= 4 is 11.5 Å². The molecule has 0 spiro atoms. The molecule has 2 rings (SSSR count). The summed E-state index contributed by atoms with van der Waals surface area (Å²) in [5, 5.41) is 3.35. The standard InChI is InChI=1S/C15H19N3/c1-3-11(2)18-15-8-7-13(10-17-15)12-5-4-6-14(16)9-12/h4-11H,3,16H2,1-2H3,(H,17,18). The Morgan fingerprint density at radius 2 is 2.06 bits per heavy atom. The Morgan fingerprint density at radius 1 is 1.22 bits per heavy atom. The van der Waals surface area contributed by atoms with E-state index in [2.05, 4.69) is 30.2 Å². The van der Waals surface area contributed by atoms with Crippen LogP contribution in [0.2, 0.25) is 0 Å². The van der Waals surface area contributed by atoms with Crippen LogP contribution in [0.3, 0.4) is 0 Å². The summed E-state index contributed by atoms with van der Waals surface area (Å²) in [6, 6.07) is 12.3. The summed E-state index contributed by atoms with van der Waals surface area (Å²) in [6.07, 6.45) is 2.96. The van der Waals surface area contributed by atoms with Gasteiger partial charge in [0, 0.05) is 23.5 Å². The molecule has 0 bridgehead atoms. The normalized spacial score (nSPS) is 12.1. The number of pyridine rings is 1. The molecule has 1 atom stereocenters. The molecular weight excluding hydrogens is 222 g/mol. The van der Waals surface area contributed by atoms with Gasteiger partial charge in [0.05, 0.1) is 0 Å². The second-order valence-electron chi connectivity index (χ2n) is 4.51. The van der Waals surface area contributed by atoms with Crippen LogP contribution in [0, 0.1) is 0 Å². The Kier molecular flexibility index (Phi) is 3.82. The molecular formula is C15H19N3. The number of hydrogen-bond donors (Lipinski definition) is 2. The molecule has 0 saturated heterocycles. The highest BCUT2D eigenvalue weighted by molar-refractivity contribution is 5.67. The van der Waals surface area contributed by atoms with Gasteiger partial charge in [-0.05, 0) is 43.2 Å². The van der Waals surface area contributed by atoms with Gasteiger partial charge in [0.2, 0.25) is 0 Å². The molecule has 1 aromatic carbocycles. The Balaban J connectivity index is 2.17. The average molecular weight is 241 g/mol. The predicted octanol–water partition coefficient (Wildman–Crippen LogP) is 3.54. The van der Waals surface area contributed by atoms with Crippen LogP contribution in [0.25, 0.3) is 11.1 Å². The van der Waals surface area contributed by atoms with Crippen LogP contribution in [-0.4, -0.2) is 11.0 Å². The summed E-state index contributed by atoms with van der Waals surface area (Å²) >= 11 is 0. The molecule has 3 N–H and O–H groups in total. The third-order valence-electron chi connectivity index (χ3n) is 2.99. The first-order valence-corrected chi connectivity index (χ1v) is 6.27. The van der Waals surface area contributed by atoms with Crippen molar-refractivity contribution < 1.29 is 0 Å². The molecule has 0 aliphatic rings. The van der Waals surface area contributed by atoms with E-state index in [0.29, 0.717) is 6.04 Å². The van der Waals surface area contributed by atoms with Crippen molar-refractivity contribution in [3.63, 3.8) is 0 Å². The van der Waals surface area contributed by atoms with Gasteiger partial charge in [-0.2, -0.15) is 0 Å².